The van der Waals surface area contributed by atoms with Crippen molar-refractivity contribution in [1.82, 2.24) is 9.55 Å². The molecule has 0 unspecified atom stereocenters. The molecule has 0 spiro atoms. The lowest BCUT2D eigenvalue weighted by atomic mass is 10.2. The van der Waals surface area contributed by atoms with Gasteiger partial charge in [-0.15, -0.1) is 0 Å². The van der Waals surface area contributed by atoms with Crippen molar-refractivity contribution in [3.8, 4) is 5.69 Å². The molecule has 0 saturated carbocycles. The van der Waals surface area contributed by atoms with Crippen LogP contribution >= 0.6 is 0 Å². The Hall–Kier alpha value is -2.62. The molecule has 0 bridgehead atoms. The Morgan fingerprint density at radius 2 is 1.87 bits per heavy atom. The third kappa shape index (κ3) is 3.59. The van der Waals surface area contributed by atoms with Crippen molar-refractivity contribution >= 4 is 22.6 Å². The lowest BCUT2D eigenvalue weighted by molar-refractivity contribution is -0.116. The highest BCUT2D eigenvalue weighted by Gasteiger charge is 2.05. The third-order valence-corrected chi connectivity index (χ3v) is 3.89. The van der Waals surface area contributed by atoms with Gasteiger partial charge < -0.3 is 5.32 Å². The monoisotopic (exact) mass is 307 g/mol. The zero-order valence-electron chi connectivity index (χ0n) is 13.3. The first kappa shape index (κ1) is 15.3. The van der Waals surface area contributed by atoms with Crippen molar-refractivity contribution in [1.29, 1.82) is 0 Å². The van der Waals surface area contributed by atoms with Crippen LogP contribution in [0.2, 0.25) is 0 Å². The van der Waals surface area contributed by atoms with E-state index in [0.717, 1.165) is 41.7 Å². The van der Waals surface area contributed by atoms with Gasteiger partial charge in [-0.3, -0.25) is 9.36 Å². The van der Waals surface area contributed by atoms with Crippen LogP contribution in [0.3, 0.4) is 0 Å². The second-order valence-corrected chi connectivity index (χ2v) is 5.66. The summed E-state index contributed by atoms with van der Waals surface area (Å²) >= 11 is 0. The topological polar surface area (TPSA) is 46.9 Å². The van der Waals surface area contributed by atoms with E-state index in [4.69, 9.17) is 0 Å². The van der Waals surface area contributed by atoms with Crippen molar-refractivity contribution < 1.29 is 4.79 Å². The van der Waals surface area contributed by atoms with Crippen LogP contribution in [0, 0.1) is 0 Å². The first-order valence-electron chi connectivity index (χ1n) is 8.10. The SMILES string of the molecule is CCCCCC(=O)Nc1ccc(-n2cnc3ccccc32)cc1. The number of para-hydroxylation sites is 2. The number of nitrogens with one attached hydrogen (secondary N) is 1. The maximum atomic E-state index is 11.8. The largest absolute Gasteiger partial charge is 0.326 e. The average Bonchev–Trinajstić information content (AvgIpc) is 3.00. The molecule has 0 radical (unpaired) electrons. The van der Waals surface area contributed by atoms with Crippen LogP contribution in [0.4, 0.5) is 5.69 Å². The number of fused-ring (bicyclic) bond motifs is 1. The van der Waals surface area contributed by atoms with E-state index < -0.39 is 0 Å². The number of imidazole rings is 1. The van der Waals surface area contributed by atoms with Crippen molar-refractivity contribution in [3.63, 3.8) is 0 Å². The van der Waals surface area contributed by atoms with Gasteiger partial charge in [0.05, 0.1) is 11.0 Å². The number of unbranched alkanes of at least 4 members (excludes halogenated alkanes) is 2. The molecule has 1 amide bonds. The second kappa shape index (κ2) is 7.09. The Morgan fingerprint density at radius 1 is 1.09 bits per heavy atom. The Bertz CT molecular complexity index is 790. The van der Waals surface area contributed by atoms with E-state index in [0.29, 0.717) is 6.42 Å². The molecule has 3 rings (SSSR count). The van der Waals surface area contributed by atoms with Gasteiger partial charge in [-0.2, -0.15) is 0 Å². The summed E-state index contributed by atoms with van der Waals surface area (Å²) in [5.74, 6) is 0.0827. The van der Waals surface area contributed by atoms with E-state index in [9.17, 15) is 4.79 Å². The van der Waals surface area contributed by atoms with E-state index in [-0.39, 0.29) is 5.91 Å². The number of carbonyl (C=O) groups is 1. The van der Waals surface area contributed by atoms with Gasteiger partial charge in [0.15, 0.2) is 0 Å². The summed E-state index contributed by atoms with van der Waals surface area (Å²) in [7, 11) is 0. The van der Waals surface area contributed by atoms with E-state index in [1.54, 1.807) is 0 Å². The highest BCUT2D eigenvalue weighted by Crippen LogP contribution is 2.19. The maximum absolute atomic E-state index is 11.8. The van der Waals surface area contributed by atoms with Crippen molar-refractivity contribution in [2.75, 3.05) is 5.32 Å². The van der Waals surface area contributed by atoms with Crippen LogP contribution in [0.5, 0.6) is 0 Å². The standard InChI is InChI=1S/C19H21N3O/c1-2-3-4-9-19(23)21-15-10-12-16(13-11-15)22-14-20-17-7-5-6-8-18(17)22/h5-8,10-14H,2-4,9H2,1H3,(H,21,23). The van der Waals surface area contributed by atoms with Crippen LogP contribution in [-0.2, 0) is 4.79 Å². The Balaban J connectivity index is 1.71. The molecule has 0 aliphatic carbocycles. The molecule has 4 heteroatoms. The minimum atomic E-state index is 0.0827. The molecular formula is C19H21N3O. The molecule has 118 valence electrons. The molecular weight excluding hydrogens is 286 g/mol. The molecule has 1 aromatic heterocycles. The lowest BCUT2D eigenvalue weighted by Gasteiger charge is -2.08. The molecule has 2 aromatic carbocycles. The summed E-state index contributed by atoms with van der Waals surface area (Å²) in [6.07, 6.45) is 5.58. The highest BCUT2D eigenvalue weighted by atomic mass is 16.1. The zero-order valence-corrected chi connectivity index (χ0v) is 13.3. The molecule has 3 aromatic rings. The van der Waals surface area contributed by atoms with Crippen LogP contribution < -0.4 is 5.32 Å². The predicted molar refractivity (Wildman–Crippen MR) is 93.8 cm³/mol. The van der Waals surface area contributed by atoms with Crippen LogP contribution in [0.15, 0.2) is 54.9 Å². The molecule has 0 atom stereocenters. The van der Waals surface area contributed by atoms with Crippen LogP contribution in [-0.4, -0.2) is 15.5 Å². The van der Waals surface area contributed by atoms with E-state index >= 15 is 0 Å². The smallest absolute Gasteiger partial charge is 0.224 e. The molecule has 1 heterocycles. The van der Waals surface area contributed by atoms with Gasteiger partial charge in [0.2, 0.25) is 5.91 Å². The Morgan fingerprint density at radius 3 is 2.65 bits per heavy atom. The fourth-order valence-electron chi connectivity index (χ4n) is 2.63. The summed E-state index contributed by atoms with van der Waals surface area (Å²) in [5.41, 5.74) is 3.91. The van der Waals surface area contributed by atoms with E-state index in [1.165, 1.54) is 0 Å². The van der Waals surface area contributed by atoms with E-state index in [1.807, 2.05) is 59.4 Å². The normalized spacial score (nSPS) is 10.8. The summed E-state index contributed by atoms with van der Waals surface area (Å²) in [5, 5.41) is 2.95. The summed E-state index contributed by atoms with van der Waals surface area (Å²) in [6, 6.07) is 15.9. The fourth-order valence-corrected chi connectivity index (χ4v) is 2.63. The van der Waals surface area contributed by atoms with Crippen molar-refractivity contribution in [3.05, 3.63) is 54.9 Å². The fraction of sp³-hybridized carbons (Fsp3) is 0.263. The number of benzene rings is 2. The van der Waals surface area contributed by atoms with Gasteiger partial charge in [-0.1, -0.05) is 31.9 Å². The van der Waals surface area contributed by atoms with Crippen molar-refractivity contribution in [2.45, 2.75) is 32.6 Å². The number of rotatable bonds is 6. The molecule has 0 aliphatic heterocycles. The number of amides is 1. The summed E-state index contributed by atoms with van der Waals surface area (Å²) in [4.78, 5) is 16.3. The second-order valence-electron chi connectivity index (χ2n) is 5.66. The van der Waals surface area contributed by atoms with Crippen LogP contribution in [0.25, 0.3) is 16.7 Å². The number of hydrogen-bond acceptors (Lipinski definition) is 2. The Kier molecular flexibility index (Phi) is 4.71. The lowest BCUT2D eigenvalue weighted by Crippen LogP contribution is -2.11. The number of nitrogens with zero attached hydrogens (tertiary/aromatic N) is 2. The maximum Gasteiger partial charge on any atom is 0.224 e. The van der Waals surface area contributed by atoms with Gasteiger partial charge in [0, 0.05) is 17.8 Å². The van der Waals surface area contributed by atoms with Gasteiger partial charge in [-0.25, -0.2) is 4.98 Å². The molecule has 1 N–H and O–H groups in total. The molecule has 0 saturated heterocycles. The minimum absolute atomic E-state index is 0.0827. The molecule has 23 heavy (non-hydrogen) atoms. The Labute approximate surface area is 136 Å². The minimum Gasteiger partial charge on any atom is -0.326 e. The highest BCUT2D eigenvalue weighted by molar-refractivity contribution is 5.90. The van der Waals surface area contributed by atoms with Gasteiger partial charge in [-0.05, 0) is 42.8 Å². The molecule has 0 aliphatic rings. The van der Waals surface area contributed by atoms with E-state index in [2.05, 4.69) is 17.2 Å². The summed E-state index contributed by atoms with van der Waals surface area (Å²) in [6.45, 7) is 2.14. The predicted octanol–water partition coefficient (Wildman–Crippen LogP) is 4.54. The molecule has 4 nitrogen and oxygen atoms in total. The molecule has 0 fully saturated rings. The number of carbonyl (C=O) groups excluding carboxylic acids is 1. The quantitative estimate of drug-likeness (QED) is 0.679. The van der Waals surface area contributed by atoms with Gasteiger partial charge >= 0.3 is 0 Å². The summed E-state index contributed by atoms with van der Waals surface area (Å²) < 4.78 is 2.04. The first-order chi connectivity index (χ1) is 11.3. The van der Waals surface area contributed by atoms with Gasteiger partial charge in [0.1, 0.15) is 6.33 Å². The number of anilines is 1. The average molecular weight is 307 g/mol. The zero-order chi connectivity index (χ0) is 16.1. The van der Waals surface area contributed by atoms with Gasteiger partial charge in [0.25, 0.3) is 0 Å². The first-order valence-corrected chi connectivity index (χ1v) is 8.10. The van der Waals surface area contributed by atoms with Crippen molar-refractivity contribution in [2.24, 2.45) is 0 Å². The van der Waals surface area contributed by atoms with Crippen LogP contribution in [0.1, 0.15) is 32.6 Å². The third-order valence-electron chi connectivity index (χ3n) is 3.89. The number of aromatic nitrogens is 2. The number of hydrogen-bond donors (Lipinski definition) is 1.